The summed E-state index contributed by atoms with van der Waals surface area (Å²) in [6, 6.07) is 0. The standard InChI is InChI=1S/C16H28O3/c1-11(2)9-15(19-16(18)12(3)4)8-6-13-5-7-14(17)10-13/h11,13-15,17H,3,5-10H2,1-2,4H3. The molecule has 0 aromatic carbocycles. The van der Waals surface area contributed by atoms with Crippen LogP contribution in [-0.2, 0) is 9.53 Å². The van der Waals surface area contributed by atoms with E-state index in [0.29, 0.717) is 17.4 Å². The number of hydrogen-bond donors (Lipinski definition) is 1. The molecule has 0 aromatic heterocycles. The lowest BCUT2D eigenvalue weighted by atomic mass is 9.95. The monoisotopic (exact) mass is 268 g/mol. The van der Waals surface area contributed by atoms with Gasteiger partial charge in [-0.05, 0) is 57.3 Å². The van der Waals surface area contributed by atoms with Gasteiger partial charge in [0.2, 0.25) is 0 Å². The highest BCUT2D eigenvalue weighted by atomic mass is 16.5. The maximum atomic E-state index is 11.6. The number of carbonyl (C=O) groups is 1. The second-order valence-corrected chi connectivity index (χ2v) is 6.35. The molecule has 3 unspecified atom stereocenters. The maximum Gasteiger partial charge on any atom is 0.333 e. The number of rotatable bonds is 7. The Bertz CT molecular complexity index is 309. The van der Waals surface area contributed by atoms with Crippen LogP contribution in [0.15, 0.2) is 12.2 Å². The van der Waals surface area contributed by atoms with Crippen molar-refractivity contribution in [1.29, 1.82) is 0 Å². The highest BCUT2D eigenvalue weighted by Gasteiger charge is 2.24. The average Bonchev–Trinajstić information content (AvgIpc) is 2.71. The van der Waals surface area contributed by atoms with Gasteiger partial charge in [-0.2, -0.15) is 0 Å². The van der Waals surface area contributed by atoms with Crippen LogP contribution in [0.4, 0.5) is 0 Å². The Balaban J connectivity index is 2.40. The predicted molar refractivity (Wildman–Crippen MR) is 76.7 cm³/mol. The molecule has 0 radical (unpaired) electrons. The fraction of sp³-hybridized carbons (Fsp3) is 0.812. The van der Waals surface area contributed by atoms with Crippen LogP contribution in [0, 0.1) is 11.8 Å². The molecule has 3 nitrogen and oxygen atoms in total. The zero-order valence-electron chi connectivity index (χ0n) is 12.5. The summed E-state index contributed by atoms with van der Waals surface area (Å²) in [6.07, 6.45) is 5.63. The zero-order valence-corrected chi connectivity index (χ0v) is 12.5. The lowest BCUT2D eigenvalue weighted by Gasteiger charge is -2.21. The van der Waals surface area contributed by atoms with Crippen molar-refractivity contribution < 1.29 is 14.6 Å². The third-order valence-electron chi connectivity index (χ3n) is 3.77. The van der Waals surface area contributed by atoms with Crippen LogP contribution < -0.4 is 0 Å². The van der Waals surface area contributed by atoms with Crippen molar-refractivity contribution in [3.63, 3.8) is 0 Å². The molecule has 0 spiro atoms. The molecule has 0 amide bonds. The molecule has 1 rings (SSSR count). The summed E-state index contributed by atoms with van der Waals surface area (Å²) in [5.74, 6) is 0.822. The first-order valence-corrected chi connectivity index (χ1v) is 7.43. The van der Waals surface area contributed by atoms with Gasteiger partial charge in [0.1, 0.15) is 6.10 Å². The Labute approximate surface area is 117 Å². The van der Waals surface area contributed by atoms with Crippen LogP contribution in [-0.4, -0.2) is 23.3 Å². The number of carbonyl (C=O) groups excluding carboxylic acids is 1. The normalized spacial score (nSPS) is 24.5. The van der Waals surface area contributed by atoms with E-state index in [4.69, 9.17) is 4.74 Å². The zero-order chi connectivity index (χ0) is 14.4. The van der Waals surface area contributed by atoms with E-state index in [1.54, 1.807) is 6.92 Å². The highest BCUT2D eigenvalue weighted by Crippen LogP contribution is 2.30. The van der Waals surface area contributed by atoms with Crippen LogP contribution in [0.2, 0.25) is 0 Å². The molecule has 19 heavy (non-hydrogen) atoms. The molecule has 1 fully saturated rings. The summed E-state index contributed by atoms with van der Waals surface area (Å²) >= 11 is 0. The summed E-state index contributed by atoms with van der Waals surface area (Å²) in [7, 11) is 0. The number of aliphatic hydroxyl groups excluding tert-OH is 1. The quantitative estimate of drug-likeness (QED) is 0.568. The molecule has 0 aromatic rings. The van der Waals surface area contributed by atoms with E-state index in [9.17, 15) is 9.90 Å². The lowest BCUT2D eigenvalue weighted by Crippen LogP contribution is -2.21. The van der Waals surface area contributed by atoms with Gasteiger partial charge in [0.05, 0.1) is 6.10 Å². The van der Waals surface area contributed by atoms with Gasteiger partial charge < -0.3 is 9.84 Å². The summed E-state index contributed by atoms with van der Waals surface area (Å²) in [6.45, 7) is 9.59. The number of aliphatic hydroxyl groups is 1. The van der Waals surface area contributed by atoms with Crippen molar-refractivity contribution in [2.75, 3.05) is 0 Å². The van der Waals surface area contributed by atoms with Crippen molar-refractivity contribution in [3.05, 3.63) is 12.2 Å². The first-order chi connectivity index (χ1) is 8.88. The van der Waals surface area contributed by atoms with Gasteiger partial charge in [-0.3, -0.25) is 0 Å². The number of ether oxygens (including phenoxy) is 1. The van der Waals surface area contributed by atoms with E-state index >= 15 is 0 Å². The van der Waals surface area contributed by atoms with E-state index in [2.05, 4.69) is 20.4 Å². The predicted octanol–water partition coefficient (Wildman–Crippen LogP) is 3.46. The molecular weight excluding hydrogens is 240 g/mol. The Kier molecular flexibility index (Phi) is 6.56. The Morgan fingerprint density at radius 3 is 2.58 bits per heavy atom. The molecular formula is C16H28O3. The van der Waals surface area contributed by atoms with Crippen molar-refractivity contribution in [3.8, 4) is 0 Å². The second kappa shape index (κ2) is 7.68. The minimum Gasteiger partial charge on any atom is -0.459 e. The first-order valence-electron chi connectivity index (χ1n) is 7.43. The van der Waals surface area contributed by atoms with Gasteiger partial charge in [-0.15, -0.1) is 0 Å². The highest BCUT2D eigenvalue weighted by molar-refractivity contribution is 5.87. The minimum absolute atomic E-state index is 0.0121. The summed E-state index contributed by atoms with van der Waals surface area (Å²) in [5, 5.41) is 9.53. The van der Waals surface area contributed by atoms with E-state index in [0.717, 1.165) is 38.5 Å². The second-order valence-electron chi connectivity index (χ2n) is 6.35. The van der Waals surface area contributed by atoms with E-state index < -0.39 is 0 Å². The van der Waals surface area contributed by atoms with Gasteiger partial charge in [-0.25, -0.2) is 4.79 Å². The topological polar surface area (TPSA) is 46.5 Å². The molecule has 0 heterocycles. The first kappa shape index (κ1) is 16.2. The molecule has 1 saturated carbocycles. The largest absolute Gasteiger partial charge is 0.459 e. The van der Waals surface area contributed by atoms with E-state index in [-0.39, 0.29) is 18.2 Å². The number of hydrogen-bond acceptors (Lipinski definition) is 3. The molecule has 0 saturated heterocycles. The Morgan fingerprint density at radius 2 is 2.11 bits per heavy atom. The van der Waals surface area contributed by atoms with E-state index in [1.807, 2.05) is 0 Å². The van der Waals surface area contributed by atoms with Gasteiger partial charge in [0.15, 0.2) is 0 Å². The van der Waals surface area contributed by atoms with Crippen LogP contribution in [0.1, 0.15) is 59.3 Å². The van der Waals surface area contributed by atoms with Crippen LogP contribution in [0.3, 0.4) is 0 Å². The maximum absolute atomic E-state index is 11.6. The van der Waals surface area contributed by atoms with Crippen molar-refractivity contribution in [2.45, 2.75) is 71.5 Å². The van der Waals surface area contributed by atoms with E-state index in [1.165, 1.54) is 0 Å². The SMILES string of the molecule is C=C(C)C(=O)OC(CCC1CCC(O)C1)CC(C)C. The number of esters is 1. The summed E-state index contributed by atoms with van der Waals surface area (Å²) < 4.78 is 5.51. The molecule has 3 heteroatoms. The van der Waals surface area contributed by atoms with Gasteiger partial charge in [0.25, 0.3) is 0 Å². The molecule has 3 atom stereocenters. The molecule has 1 aliphatic rings. The lowest BCUT2D eigenvalue weighted by molar-refractivity contribution is -0.145. The molecule has 1 aliphatic carbocycles. The van der Waals surface area contributed by atoms with Crippen LogP contribution in [0.5, 0.6) is 0 Å². The van der Waals surface area contributed by atoms with Crippen LogP contribution >= 0.6 is 0 Å². The van der Waals surface area contributed by atoms with Gasteiger partial charge >= 0.3 is 5.97 Å². The fourth-order valence-corrected chi connectivity index (χ4v) is 2.73. The van der Waals surface area contributed by atoms with Crippen molar-refractivity contribution >= 4 is 5.97 Å². The Hall–Kier alpha value is -0.830. The third-order valence-corrected chi connectivity index (χ3v) is 3.77. The molecule has 0 bridgehead atoms. The molecule has 1 N–H and O–H groups in total. The third kappa shape index (κ3) is 6.24. The van der Waals surface area contributed by atoms with Gasteiger partial charge in [-0.1, -0.05) is 20.4 Å². The molecule has 110 valence electrons. The minimum atomic E-state index is -0.280. The van der Waals surface area contributed by atoms with Crippen molar-refractivity contribution in [2.24, 2.45) is 11.8 Å². The summed E-state index contributed by atoms with van der Waals surface area (Å²) in [5.41, 5.74) is 0.463. The average molecular weight is 268 g/mol. The Morgan fingerprint density at radius 1 is 1.42 bits per heavy atom. The smallest absolute Gasteiger partial charge is 0.333 e. The van der Waals surface area contributed by atoms with Crippen LogP contribution in [0.25, 0.3) is 0 Å². The summed E-state index contributed by atoms with van der Waals surface area (Å²) in [4.78, 5) is 11.6. The van der Waals surface area contributed by atoms with Gasteiger partial charge in [0, 0.05) is 5.57 Å². The molecule has 0 aliphatic heterocycles. The van der Waals surface area contributed by atoms with Crippen molar-refractivity contribution in [1.82, 2.24) is 0 Å². The fourth-order valence-electron chi connectivity index (χ4n) is 2.73.